The molecule has 0 spiro atoms. The minimum absolute atomic E-state index is 0.437. The summed E-state index contributed by atoms with van der Waals surface area (Å²) in [7, 11) is 0. The number of ether oxygens (including phenoxy) is 1. The van der Waals surface area contributed by atoms with Crippen molar-refractivity contribution >= 4 is 5.82 Å². The van der Waals surface area contributed by atoms with Crippen LogP contribution in [0.4, 0.5) is 5.82 Å². The molecule has 0 saturated heterocycles. The molecule has 4 heteroatoms. The predicted molar refractivity (Wildman–Crippen MR) is 81.9 cm³/mol. The van der Waals surface area contributed by atoms with Crippen LogP contribution in [-0.4, -0.2) is 9.78 Å². The largest absolute Gasteiger partial charge is 0.487 e. The number of hydrogen-bond acceptors (Lipinski definition) is 3. The quantitative estimate of drug-likeness (QED) is 0.907. The average Bonchev–Trinajstić information content (AvgIpc) is 2.76. The van der Waals surface area contributed by atoms with Gasteiger partial charge < -0.3 is 10.5 Å². The molecule has 2 N–H and O–H groups in total. The van der Waals surface area contributed by atoms with Gasteiger partial charge in [-0.05, 0) is 37.0 Å². The lowest BCUT2D eigenvalue weighted by Crippen LogP contribution is -2.07. The van der Waals surface area contributed by atoms with Gasteiger partial charge in [0.2, 0.25) is 0 Å². The summed E-state index contributed by atoms with van der Waals surface area (Å²) in [5, 5.41) is 4.23. The zero-order valence-electron chi connectivity index (χ0n) is 12.7. The molecule has 2 rings (SSSR count). The fraction of sp³-hybridized carbons (Fsp3) is 0.438. The number of anilines is 1. The van der Waals surface area contributed by atoms with Crippen LogP contribution in [0.1, 0.15) is 43.5 Å². The molecular weight excluding hydrogens is 250 g/mol. The Morgan fingerprint density at radius 3 is 2.70 bits per heavy atom. The average molecular weight is 273 g/mol. The van der Waals surface area contributed by atoms with E-state index in [9.17, 15) is 0 Å². The van der Waals surface area contributed by atoms with Gasteiger partial charge in [-0.3, -0.25) is 4.68 Å². The number of aryl methyl sites for hydroxylation is 2. The van der Waals surface area contributed by atoms with Gasteiger partial charge in [-0.1, -0.05) is 26.0 Å². The third-order valence-electron chi connectivity index (χ3n) is 3.35. The minimum Gasteiger partial charge on any atom is -0.487 e. The van der Waals surface area contributed by atoms with Crippen molar-refractivity contribution in [3.05, 3.63) is 41.1 Å². The van der Waals surface area contributed by atoms with Gasteiger partial charge in [0.1, 0.15) is 18.2 Å². The molecule has 1 heterocycles. The van der Waals surface area contributed by atoms with E-state index < -0.39 is 0 Å². The molecule has 0 unspecified atom stereocenters. The van der Waals surface area contributed by atoms with Gasteiger partial charge in [0.15, 0.2) is 0 Å². The standard InChI is InChI=1S/C16H23N3O/c1-5-19-13(9-16(17)18-19)10-20-15-8-12(4)6-7-14(15)11(2)3/h6-9,11H,5,10H2,1-4H3,(H2,17,18). The van der Waals surface area contributed by atoms with E-state index >= 15 is 0 Å². The summed E-state index contributed by atoms with van der Waals surface area (Å²) in [6, 6.07) is 8.22. The van der Waals surface area contributed by atoms with Crippen molar-refractivity contribution in [3.8, 4) is 5.75 Å². The first-order chi connectivity index (χ1) is 9.51. The highest BCUT2D eigenvalue weighted by Crippen LogP contribution is 2.28. The summed E-state index contributed by atoms with van der Waals surface area (Å²) in [6.07, 6.45) is 0. The molecule has 2 aromatic rings. The zero-order valence-corrected chi connectivity index (χ0v) is 12.7. The highest BCUT2D eigenvalue weighted by Gasteiger charge is 2.10. The maximum absolute atomic E-state index is 6.00. The Balaban J connectivity index is 2.20. The first-order valence-corrected chi connectivity index (χ1v) is 7.06. The second-order valence-corrected chi connectivity index (χ2v) is 5.36. The maximum Gasteiger partial charge on any atom is 0.145 e. The van der Waals surface area contributed by atoms with E-state index in [1.165, 1.54) is 11.1 Å². The van der Waals surface area contributed by atoms with Crippen molar-refractivity contribution in [2.75, 3.05) is 5.73 Å². The third-order valence-corrected chi connectivity index (χ3v) is 3.35. The minimum atomic E-state index is 0.437. The van der Waals surface area contributed by atoms with Gasteiger partial charge in [0.05, 0.1) is 5.69 Å². The van der Waals surface area contributed by atoms with E-state index in [2.05, 4.69) is 44.1 Å². The Hall–Kier alpha value is -1.97. The number of nitrogens with two attached hydrogens (primary N) is 1. The fourth-order valence-electron chi connectivity index (χ4n) is 2.26. The van der Waals surface area contributed by atoms with Crippen molar-refractivity contribution in [3.63, 3.8) is 0 Å². The number of aromatic nitrogens is 2. The summed E-state index contributed by atoms with van der Waals surface area (Å²) in [4.78, 5) is 0. The van der Waals surface area contributed by atoms with E-state index in [-0.39, 0.29) is 0 Å². The van der Waals surface area contributed by atoms with E-state index in [0.717, 1.165) is 18.0 Å². The van der Waals surface area contributed by atoms with Crippen molar-refractivity contribution in [2.24, 2.45) is 0 Å². The van der Waals surface area contributed by atoms with E-state index in [4.69, 9.17) is 10.5 Å². The lowest BCUT2D eigenvalue weighted by molar-refractivity contribution is 0.288. The van der Waals surface area contributed by atoms with E-state index in [0.29, 0.717) is 18.3 Å². The molecule has 108 valence electrons. The second kappa shape index (κ2) is 5.99. The Bertz CT molecular complexity index is 587. The number of nitrogens with zero attached hydrogens (tertiary/aromatic N) is 2. The van der Waals surface area contributed by atoms with Crippen molar-refractivity contribution in [1.82, 2.24) is 9.78 Å². The smallest absolute Gasteiger partial charge is 0.145 e. The van der Waals surface area contributed by atoms with Crippen LogP contribution in [0.3, 0.4) is 0 Å². The van der Waals surface area contributed by atoms with Crippen LogP contribution < -0.4 is 10.5 Å². The van der Waals surface area contributed by atoms with Crippen LogP contribution in [0, 0.1) is 6.92 Å². The number of rotatable bonds is 5. The molecule has 0 saturated carbocycles. The van der Waals surface area contributed by atoms with Crippen LogP contribution in [-0.2, 0) is 13.2 Å². The molecule has 1 aromatic heterocycles. The molecular formula is C16H23N3O. The molecule has 20 heavy (non-hydrogen) atoms. The first kappa shape index (κ1) is 14.4. The molecule has 4 nitrogen and oxygen atoms in total. The maximum atomic E-state index is 6.00. The van der Waals surface area contributed by atoms with Gasteiger partial charge in [0.25, 0.3) is 0 Å². The first-order valence-electron chi connectivity index (χ1n) is 7.06. The number of benzene rings is 1. The molecule has 0 fully saturated rings. The Morgan fingerprint density at radius 1 is 1.30 bits per heavy atom. The van der Waals surface area contributed by atoms with Crippen LogP contribution >= 0.6 is 0 Å². The van der Waals surface area contributed by atoms with Crippen molar-refractivity contribution in [2.45, 2.75) is 46.8 Å². The van der Waals surface area contributed by atoms with Gasteiger partial charge in [-0.15, -0.1) is 0 Å². The van der Waals surface area contributed by atoms with Crippen LogP contribution in [0.15, 0.2) is 24.3 Å². The van der Waals surface area contributed by atoms with Gasteiger partial charge in [0, 0.05) is 12.6 Å². The van der Waals surface area contributed by atoms with E-state index in [1.54, 1.807) is 0 Å². The van der Waals surface area contributed by atoms with Crippen molar-refractivity contribution in [1.29, 1.82) is 0 Å². The van der Waals surface area contributed by atoms with Crippen molar-refractivity contribution < 1.29 is 4.74 Å². The highest BCUT2D eigenvalue weighted by atomic mass is 16.5. The summed E-state index contributed by atoms with van der Waals surface area (Å²) >= 11 is 0. The predicted octanol–water partition coefficient (Wildman–Crippen LogP) is 3.50. The van der Waals surface area contributed by atoms with Gasteiger partial charge in [-0.2, -0.15) is 5.10 Å². The highest BCUT2D eigenvalue weighted by molar-refractivity contribution is 5.39. The second-order valence-electron chi connectivity index (χ2n) is 5.36. The molecule has 0 aliphatic heterocycles. The van der Waals surface area contributed by atoms with Crippen LogP contribution in [0.25, 0.3) is 0 Å². The fourth-order valence-corrected chi connectivity index (χ4v) is 2.26. The Labute approximate surface area is 120 Å². The van der Waals surface area contributed by atoms with Gasteiger partial charge in [-0.25, -0.2) is 0 Å². The topological polar surface area (TPSA) is 53.1 Å². The summed E-state index contributed by atoms with van der Waals surface area (Å²) in [5.41, 5.74) is 9.17. The van der Waals surface area contributed by atoms with Gasteiger partial charge >= 0.3 is 0 Å². The molecule has 0 bridgehead atoms. The Morgan fingerprint density at radius 2 is 2.05 bits per heavy atom. The summed E-state index contributed by atoms with van der Waals surface area (Å²) in [5.74, 6) is 1.92. The molecule has 0 aliphatic rings. The monoisotopic (exact) mass is 273 g/mol. The number of hydrogen-bond donors (Lipinski definition) is 1. The zero-order chi connectivity index (χ0) is 14.7. The number of nitrogen functional groups attached to an aromatic ring is 1. The summed E-state index contributed by atoms with van der Waals surface area (Å²) in [6.45, 7) is 9.74. The lowest BCUT2D eigenvalue weighted by atomic mass is 10.0. The molecule has 1 aromatic carbocycles. The molecule has 0 radical (unpaired) electrons. The SMILES string of the molecule is CCn1nc(N)cc1COc1cc(C)ccc1C(C)C. The molecule has 0 amide bonds. The normalized spacial score (nSPS) is 11.1. The van der Waals surface area contributed by atoms with Crippen LogP contribution in [0.2, 0.25) is 0 Å². The lowest BCUT2D eigenvalue weighted by Gasteiger charge is -2.15. The van der Waals surface area contributed by atoms with Crippen LogP contribution in [0.5, 0.6) is 5.75 Å². The third kappa shape index (κ3) is 3.13. The Kier molecular flexibility index (Phi) is 4.32. The summed E-state index contributed by atoms with van der Waals surface area (Å²) < 4.78 is 7.88. The van der Waals surface area contributed by atoms with E-state index in [1.807, 2.05) is 17.7 Å². The molecule has 0 atom stereocenters. The molecule has 0 aliphatic carbocycles.